The van der Waals surface area contributed by atoms with Crippen LogP contribution in [0.25, 0.3) is 11.1 Å². The van der Waals surface area contributed by atoms with E-state index < -0.39 is 12.2 Å². The number of likely N-dealkylation sites (N-methyl/N-ethyl adjacent to an activating group) is 1. The smallest absolute Gasteiger partial charge is 0.319 e. The monoisotopic (exact) mass is 516 g/mol. The Bertz CT molecular complexity index is 1140. The zero-order chi connectivity index (χ0) is 26.9. The molecule has 0 aromatic heterocycles. The molecule has 3 atom stereocenters. The van der Waals surface area contributed by atoms with Crippen LogP contribution < -0.4 is 10.6 Å². The molecule has 1 fully saturated rings. The number of hydrogen-bond acceptors (Lipinski definition) is 5. The zero-order valence-corrected chi connectivity index (χ0v) is 22.3. The van der Waals surface area contributed by atoms with Crippen molar-refractivity contribution in [1.29, 1.82) is 0 Å². The van der Waals surface area contributed by atoms with Gasteiger partial charge in [0.1, 0.15) is 0 Å². The van der Waals surface area contributed by atoms with Crippen LogP contribution in [-0.2, 0) is 0 Å². The molecule has 0 spiro atoms. The quantitative estimate of drug-likeness (QED) is 0.322. The third-order valence-corrected chi connectivity index (χ3v) is 7.44. The summed E-state index contributed by atoms with van der Waals surface area (Å²) in [4.78, 5) is 17.0. The van der Waals surface area contributed by atoms with Crippen LogP contribution >= 0.6 is 0 Å². The van der Waals surface area contributed by atoms with Gasteiger partial charge >= 0.3 is 6.03 Å². The van der Waals surface area contributed by atoms with Gasteiger partial charge in [-0.2, -0.15) is 0 Å². The first-order chi connectivity index (χ1) is 18.4. The minimum Gasteiger partial charge on any atom is -0.390 e. The number of urea groups is 1. The number of β-amino-alcohol motifs (C(OH)–C–C–N with tert-alkyl or cyclic N) is 1. The molecule has 1 unspecified atom stereocenters. The number of hydrogen-bond donors (Lipinski definition) is 4. The number of nitrogens with one attached hydrogen (secondary N) is 2. The van der Waals surface area contributed by atoms with Crippen molar-refractivity contribution in [3.05, 3.63) is 90.5 Å². The number of rotatable bonds is 10. The van der Waals surface area contributed by atoms with Crippen molar-refractivity contribution >= 4 is 11.7 Å². The maximum atomic E-state index is 12.8. The number of nitrogens with zero attached hydrogens (tertiary/aromatic N) is 2. The molecule has 1 saturated heterocycles. The lowest BCUT2D eigenvalue weighted by molar-refractivity contribution is 0.0258. The molecule has 0 aliphatic carbocycles. The van der Waals surface area contributed by atoms with Crippen molar-refractivity contribution in [3.8, 4) is 11.1 Å². The maximum Gasteiger partial charge on any atom is 0.319 e. The van der Waals surface area contributed by atoms with Crippen molar-refractivity contribution in [3.63, 3.8) is 0 Å². The third kappa shape index (κ3) is 7.65. The average Bonchev–Trinajstić information content (AvgIpc) is 2.94. The van der Waals surface area contributed by atoms with Gasteiger partial charge in [-0.25, -0.2) is 4.79 Å². The van der Waals surface area contributed by atoms with Gasteiger partial charge in [-0.1, -0.05) is 78.9 Å². The van der Waals surface area contributed by atoms with Crippen LogP contribution in [-0.4, -0.2) is 77.5 Å². The van der Waals surface area contributed by atoms with Gasteiger partial charge < -0.3 is 25.7 Å². The first-order valence-electron chi connectivity index (χ1n) is 13.5. The maximum absolute atomic E-state index is 12.8. The standard InChI is InChI=1S/C31H40N4O3/c1-23(30(37)25-13-7-4-8-14-25)34(2)21-27(36)22-35-19-17-26(18-20-35)32-31(38)33-29-16-10-9-15-28(29)24-11-5-3-6-12-24/h3-16,23,26-27,30,36-37H,17-22H2,1-2H3,(H2,32,33,38)/t23-,27?,30-/m0/s1. The number of aliphatic hydroxyl groups excluding tert-OH is 2. The highest BCUT2D eigenvalue weighted by Gasteiger charge is 2.25. The van der Waals surface area contributed by atoms with Crippen LogP contribution in [0.15, 0.2) is 84.9 Å². The summed E-state index contributed by atoms with van der Waals surface area (Å²) in [6.07, 6.45) is 0.535. The molecule has 7 heteroatoms. The Morgan fingerprint density at radius 1 is 0.947 bits per heavy atom. The summed E-state index contributed by atoms with van der Waals surface area (Å²) in [7, 11) is 1.94. The second kappa shape index (κ2) is 13.5. The minimum absolute atomic E-state index is 0.0935. The molecule has 0 bridgehead atoms. The Morgan fingerprint density at radius 2 is 1.55 bits per heavy atom. The third-order valence-electron chi connectivity index (χ3n) is 7.44. The van der Waals surface area contributed by atoms with Crippen LogP contribution in [0.3, 0.4) is 0 Å². The van der Waals surface area contributed by atoms with E-state index in [0.717, 1.165) is 48.3 Å². The zero-order valence-electron chi connectivity index (χ0n) is 22.3. The summed E-state index contributed by atoms with van der Waals surface area (Å²) < 4.78 is 0. The number of piperidine rings is 1. The number of amides is 2. The predicted molar refractivity (Wildman–Crippen MR) is 153 cm³/mol. The summed E-state index contributed by atoms with van der Waals surface area (Å²) in [6, 6.07) is 27.3. The van der Waals surface area contributed by atoms with Gasteiger partial charge in [-0.15, -0.1) is 0 Å². The Balaban J connectivity index is 1.20. The molecule has 38 heavy (non-hydrogen) atoms. The molecule has 3 aromatic rings. The first-order valence-corrected chi connectivity index (χ1v) is 13.5. The molecule has 3 aromatic carbocycles. The number of carbonyl (C=O) groups excluding carboxylic acids is 1. The Morgan fingerprint density at radius 3 is 2.24 bits per heavy atom. The molecular weight excluding hydrogens is 476 g/mol. The van der Waals surface area contributed by atoms with E-state index in [-0.39, 0.29) is 18.1 Å². The van der Waals surface area contributed by atoms with Crippen LogP contribution in [0.1, 0.15) is 31.4 Å². The van der Waals surface area contributed by atoms with Gasteiger partial charge in [-0.05, 0) is 44.0 Å². The van der Waals surface area contributed by atoms with Crippen LogP contribution in [0.5, 0.6) is 0 Å². The van der Waals surface area contributed by atoms with Crippen LogP contribution in [0.4, 0.5) is 10.5 Å². The SMILES string of the molecule is C[C@@H]([C@H](O)c1ccccc1)N(C)CC(O)CN1CCC(NC(=O)Nc2ccccc2-c2ccccc2)CC1. The van der Waals surface area contributed by atoms with Crippen molar-refractivity contribution in [2.24, 2.45) is 0 Å². The largest absolute Gasteiger partial charge is 0.390 e. The lowest BCUT2D eigenvalue weighted by Gasteiger charge is -2.35. The molecule has 2 amide bonds. The van der Waals surface area contributed by atoms with E-state index in [9.17, 15) is 15.0 Å². The van der Waals surface area contributed by atoms with E-state index in [1.165, 1.54) is 0 Å². The summed E-state index contributed by atoms with van der Waals surface area (Å²) in [6.45, 7) is 4.65. The lowest BCUT2D eigenvalue weighted by atomic mass is 10.0. The van der Waals surface area contributed by atoms with E-state index in [0.29, 0.717) is 13.1 Å². The Hall–Kier alpha value is -3.23. The fourth-order valence-electron chi connectivity index (χ4n) is 5.09. The summed E-state index contributed by atoms with van der Waals surface area (Å²) in [5.41, 5.74) is 3.71. The fourth-order valence-corrected chi connectivity index (χ4v) is 5.09. The Labute approximate surface area is 226 Å². The van der Waals surface area contributed by atoms with Gasteiger partial charge in [0.15, 0.2) is 0 Å². The van der Waals surface area contributed by atoms with Gasteiger partial charge in [0.2, 0.25) is 0 Å². The highest BCUT2D eigenvalue weighted by molar-refractivity contribution is 5.94. The lowest BCUT2D eigenvalue weighted by Crippen LogP contribution is -2.49. The first kappa shape index (κ1) is 27.8. The van der Waals surface area contributed by atoms with E-state index in [1.807, 2.05) is 104 Å². The fraction of sp³-hybridized carbons (Fsp3) is 0.387. The molecule has 0 radical (unpaired) electrons. The molecule has 1 aliphatic rings. The number of carbonyl (C=O) groups is 1. The molecule has 1 aliphatic heterocycles. The number of benzene rings is 3. The van der Waals surface area contributed by atoms with Gasteiger partial charge in [-0.3, -0.25) is 4.90 Å². The van der Waals surface area contributed by atoms with E-state index in [2.05, 4.69) is 15.5 Å². The minimum atomic E-state index is -0.610. The van der Waals surface area contributed by atoms with Crippen LogP contribution in [0, 0.1) is 0 Å². The second-order valence-electron chi connectivity index (χ2n) is 10.3. The topological polar surface area (TPSA) is 88.1 Å². The van der Waals surface area contributed by atoms with E-state index in [4.69, 9.17) is 0 Å². The summed E-state index contributed by atoms with van der Waals surface area (Å²) >= 11 is 0. The van der Waals surface area contributed by atoms with Crippen molar-refractivity contribution in [2.45, 2.75) is 44.1 Å². The normalized spacial score (nSPS) is 17.1. The number of aliphatic hydroxyl groups is 2. The average molecular weight is 517 g/mol. The van der Waals surface area contributed by atoms with Gasteiger partial charge in [0.25, 0.3) is 0 Å². The molecule has 1 heterocycles. The number of anilines is 1. The van der Waals surface area contributed by atoms with Gasteiger partial charge in [0.05, 0.1) is 17.9 Å². The van der Waals surface area contributed by atoms with Crippen LogP contribution in [0.2, 0.25) is 0 Å². The second-order valence-corrected chi connectivity index (χ2v) is 10.3. The highest BCUT2D eigenvalue weighted by atomic mass is 16.3. The Kier molecular flexibility index (Phi) is 9.90. The molecular formula is C31H40N4O3. The van der Waals surface area contributed by atoms with Gasteiger partial charge in [0, 0.05) is 43.8 Å². The van der Waals surface area contributed by atoms with Crippen molar-refractivity contribution < 1.29 is 15.0 Å². The summed E-state index contributed by atoms with van der Waals surface area (Å²) in [5, 5.41) is 27.6. The summed E-state index contributed by atoms with van der Waals surface area (Å²) in [5.74, 6) is 0. The number of likely N-dealkylation sites (tertiary alicyclic amines) is 1. The number of para-hydroxylation sites is 1. The molecule has 7 nitrogen and oxygen atoms in total. The molecule has 0 saturated carbocycles. The molecule has 202 valence electrons. The molecule has 4 rings (SSSR count). The van der Waals surface area contributed by atoms with E-state index >= 15 is 0 Å². The molecule has 4 N–H and O–H groups in total. The highest BCUT2D eigenvalue weighted by Crippen LogP contribution is 2.27. The van der Waals surface area contributed by atoms with Crippen molar-refractivity contribution in [2.75, 3.05) is 38.5 Å². The van der Waals surface area contributed by atoms with Crippen molar-refractivity contribution in [1.82, 2.24) is 15.1 Å². The van der Waals surface area contributed by atoms with E-state index in [1.54, 1.807) is 0 Å². The predicted octanol–water partition coefficient (Wildman–Crippen LogP) is 4.35.